The minimum absolute atomic E-state index is 0.00607. The van der Waals surface area contributed by atoms with Crippen LogP contribution in [0.2, 0.25) is 0 Å². The molecule has 33 heavy (non-hydrogen) atoms. The standard InChI is InChI=1S/C25H31N7O/c1-17(25(2,3)33)13-28-24-30-22(27-14-19-11-7-8-12-20(19)26)21-23(31-24)32(16-29-21)15-18-9-5-4-6-10-18/h4-12,16-17,33H,13-15,26H2,1-3H3,(H2,27,28,30,31). The molecule has 0 saturated carbocycles. The van der Waals surface area contributed by atoms with Crippen LogP contribution in [-0.2, 0) is 13.1 Å². The first-order valence-electron chi connectivity index (χ1n) is 11.1. The highest BCUT2D eigenvalue weighted by molar-refractivity contribution is 5.84. The van der Waals surface area contributed by atoms with E-state index in [4.69, 9.17) is 10.7 Å². The predicted molar refractivity (Wildman–Crippen MR) is 133 cm³/mol. The quantitative estimate of drug-likeness (QED) is 0.289. The Labute approximate surface area is 193 Å². The van der Waals surface area contributed by atoms with Crippen molar-refractivity contribution in [1.82, 2.24) is 19.5 Å². The van der Waals surface area contributed by atoms with E-state index in [0.29, 0.717) is 36.9 Å². The summed E-state index contributed by atoms with van der Waals surface area (Å²) in [4.78, 5) is 14.0. The van der Waals surface area contributed by atoms with Gasteiger partial charge in [0.2, 0.25) is 5.95 Å². The smallest absolute Gasteiger partial charge is 0.226 e. The Hall–Kier alpha value is -3.65. The fourth-order valence-corrected chi connectivity index (χ4v) is 3.41. The third kappa shape index (κ3) is 5.40. The number of hydrogen-bond donors (Lipinski definition) is 4. The lowest BCUT2D eigenvalue weighted by molar-refractivity contribution is 0.0303. The Morgan fingerprint density at radius 2 is 1.76 bits per heavy atom. The Kier molecular flexibility index (Phi) is 6.46. The van der Waals surface area contributed by atoms with E-state index in [2.05, 4.69) is 32.7 Å². The van der Waals surface area contributed by atoms with E-state index in [1.165, 1.54) is 0 Å². The summed E-state index contributed by atoms with van der Waals surface area (Å²) in [6.07, 6.45) is 1.79. The largest absolute Gasteiger partial charge is 0.398 e. The number of nitrogens with two attached hydrogens (primary N) is 1. The molecule has 2 aromatic heterocycles. The molecule has 8 heteroatoms. The summed E-state index contributed by atoms with van der Waals surface area (Å²) in [7, 11) is 0. The van der Waals surface area contributed by atoms with Gasteiger partial charge in [-0.1, -0.05) is 55.5 Å². The molecule has 0 spiro atoms. The molecule has 0 aliphatic rings. The molecule has 0 fully saturated rings. The minimum Gasteiger partial charge on any atom is -0.398 e. The highest BCUT2D eigenvalue weighted by Gasteiger charge is 2.22. The van der Waals surface area contributed by atoms with Crippen molar-refractivity contribution in [3.8, 4) is 0 Å². The Morgan fingerprint density at radius 1 is 1.03 bits per heavy atom. The third-order valence-electron chi connectivity index (χ3n) is 5.93. The van der Waals surface area contributed by atoms with Gasteiger partial charge in [0.1, 0.15) is 0 Å². The summed E-state index contributed by atoms with van der Waals surface area (Å²) in [5.74, 6) is 1.12. The molecule has 1 unspecified atom stereocenters. The summed E-state index contributed by atoms with van der Waals surface area (Å²) < 4.78 is 2.01. The maximum atomic E-state index is 10.3. The van der Waals surface area contributed by atoms with Crippen LogP contribution in [0.3, 0.4) is 0 Å². The first-order chi connectivity index (χ1) is 15.8. The van der Waals surface area contributed by atoms with Crippen molar-refractivity contribution < 1.29 is 5.11 Å². The van der Waals surface area contributed by atoms with E-state index in [9.17, 15) is 5.11 Å². The second-order valence-electron chi connectivity index (χ2n) is 8.91. The number of anilines is 3. The Morgan fingerprint density at radius 3 is 2.48 bits per heavy atom. The summed E-state index contributed by atoms with van der Waals surface area (Å²) in [6, 6.07) is 17.9. The molecule has 172 valence electrons. The van der Waals surface area contributed by atoms with Crippen molar-refractivity contribution in [1.29, 1.82) is 0 Å². The zero-order chi connectivity index (χ0) is 23.4. The van der Waals surface area contributed by atoms with Crippen LogP contribution < -0.4 is 16.4 Å². The summed E-state index contributed by atoms with van der Waals surface area (Å²) in [5, 5.41) is 17.0. The van der Waals surface area contributed by atoms with Crippen LogP contribution in [0, 0.1) is 5.92 Å². The molecule has 8 nitrogen and oxygen atoms in total. The second kappa shape index (κ2) is 9.46. The fourth-order valence-electron chi connectivity index (χ4n) is 3.41. The van der Waals surface area contributed by atoms with E-state index in [1.807, 2.05) is 54.0 Å². The van der Waals surface area contributed by atoms with E-state index < -0.39 is 5.60 Å². The molecule has 4 rings (SSSR count). The summed E-state index contributed by atoms with van der Waals surface area (Å²) >= 11 is 0. The molecule has 0 aliphatic carbocycles. The first kappa shape index (κ1) is 22.5. The molecule has 0 bridgehead atoms. The summed E-state index contributed by atoms with van der Waals surface area (Å²) in [6.45, 7) is 7.30. The fraction of sp³-hybridized carbons (Fsp3) is 0.320. The van der Waals surface area contributed by atoms with Crippen LogP contribution >= 0.6 is 0 Å². The van der Waals surface area contributed by atoms with Crippen LogP contribution in [-0.4, -0.2) is 36.8 Å². The van der Waals surface area contributed by atoms with Crippen molar-refractivity contribution in [3.05, 3.63) is 72.1 Å². The SMILES string of the molecule is CC(CNc1nc(NCc2ccccc2N)c2ncn(Cc3ccccc3)c2n1)C(C)(C)O. The average molecular weight is 446 g/mol. The molecule has 0 radical (unpaired) electrons. The number of nitrogen functional groups attached to an aromatic ring is 1. The predicted octanol–water partition coefficient (Wildman–Crippen LogP) is 3.89. The van der Waals surface area contributed by atoms with E-state index >= 15 is 0 Å². The summed E-state index contributed by atoms with van der Waals surface area (Å²) in [5.41, 5.74) is 9.60. The number of fused-ring (bicyclic) bond motifs is 1. The van der Waals surface area contributed by atoms with Crippen molar-refractivity contribution >= 4 is 28.6 Å². The lowest BCUT2D eigenvalue weighted by Gasteiger charge is -2.26. The molecule has 0 aliphatic heterocycles. The van der Waals surface area contributed by atoms with Gasteiger partial charge in [-0.25, -0.2) is 4.98 Å². The van der Waals surface area contributed by atoms with Gasteiger partial charge in [0.05, 0.1) is 18.5 Å². The minimum atomic E-state index is -0.807. The number of imidazole rings is 1. The maximum Gasteiger partial charge on any atom is 0.226 e. The van der Waals surface area contributed by atoms with Gasteiger partial charge >= 0.3 is 0 Å². The molecular weight excluding hydrogens is 414 g/mol. The van der Waals surface area contributed by atoms with Gasteiger partial charge in [-0.2, -0.15) is 9.97 Å². The van der Waals surface area contributed by atoms with Crippen LogP contribution in [0.4, 0.5) is 17.5 Å². The van der Waals surface area contributed by atoms with Gasteiger partial charge < -0.3 is 26.0 Å². The number of hydrogen-bond acceptors (Lipinski definition) is 7. The number of benzene rings is 2. The number of nitrogens with one attached hydrogen (secondary N) is 2. The molecule has 2 heterocycles. The third-order valence-corrected chi connectivity index (χ3v) is 5.93. The van der Waals surface area contributed by atoms with Gasteiger partial charge in [-0.15, -0.1) is 0 Å². The maximum absolute atomic E-state index is 10.3. The first-order valence-corrected chi connectivity index (χ1v) is 11.1. The molecule has 2 aromatic carbocycles. The number of aromatic nitrogens is 4. The molecule has 1 atom stereocenters. The number of nitrogens with zero attached hydrogens (tertiary/aromatic N) is 4. The van der Waals surface area contributed by atoms with Crippen LogP contribution in [0.25, 0.3) is 11.2 Å². The molecule has 0 amide bonds. The normalized spacial score (nSPS) is 12.6. The second-order valence-corrected chi connectivity index (χ2v) is 8.91. The molecule has 4 aromatic rings. The Balaban J connectivity index is 1.65. The number of aliphatic hydroxyl groups is 1. The van der Waals surface area contributed by atoms with Crippen molar-refractivity contribution in [3.63, 3.8) is 0 Å². The van der Waals surface area contributed by atoms with Crippen molar-refractivity contribution in [2.75, 3.05) is 22.9 Å². The highest BCUT2D eigenvalue weighted by Crippen LogP contribution is 2.24. The molecular formula is C25H31N7O. The topological polar surface area (TPSA) is 114 Å². The van der Waals surface area contributed by atoms with Crippen LogP contribution in [0.1, 0.15) is 31.9 Å². The molecule has 0 saturated heterocycles. The van der Waals surface area contributed by atoms with Crippen LogP contribution in [0.5, 0.6) is 0 Å². The van der Waals surface area contributed by atoms with Gasteiger partial charge in [0.15, 0.2) is 17.0 Å². The van der Waals surface area contributed by atoms with E-state index in [0.717, 1.165) is 22.5 Å². The van der Waals surface area contributed by atoms with Gasteiger partial charge in [-0.3, -0.25) is 0 Å². The van der Waals surface area contributed by atoms with E-state index in [1.54, 1.807) is 20.2 Å². The van der Waals surface area contributed by atoms with Crippen LogP contribution in [0.15, 0.2) is 60.9 Å². The average Bonchev–Trinajstić information content (AvgIpc) is 3.19. The van der Waals surface area contributed by atoms with Gasteiger partial charge in [0, 0.05) is 24.7 Å². The number of rotatable bonds is 9. The van der Waals surface area contributed by atoms with Crippen molar-refractivity contribution in [2.24, 2.45) is 5.92 Å². The highest BCUT2D eigenvalue weighted by atomic mass is 16.3. The molecule has 5 N–H and O–H groups in total. The lowest BCUT2D eigenvalue weighted by Crippen LogP contribution is -2.33. The Bertz CT molecular complexity index is 1210. The van der Waals surface area contributed by atoms with E-state index in [-0.39, 0.29) is 5.92 Å². The zero-order valence-electron chi connectivity index (χ0n) is 19.3. The number of para-hydroxylation sites is 1. The van der Waals surface area contributed by atoms with Crippen molar-refractivity contribution in [2.45, 2.75) is 39.5 Å². The lowest BCUT2D eigenvalue weighted by atomic mass is 9.93. The van der Waals surface area contributed by atoms with Gasteiger partial charge in [-0.05, 0) is 31.0 Å². The monoisotopic (exact) mass is 445 g/mol. The van der Waals surface area contributed by atoms with Gasteiger partial charge in [0.25, 0.3) is 0 Å². The zero-order valence-corrected chi connectivity index (χ0v) is 19.3.